The molecule has 1 aliphatic carbocycles. The van der Waals surface area contributed by atoms with E-state index >= 15 is 0 Å². The van der Waals surface area contributed by atoms with E-state index in [4.69, 9.17) is 11.6 Å². The van der Waals surface area contributed by atoms with Crippen molar-refractivity contribution in [1.29, 1.82) is 0 Å². The molecule has 0 atom stereocenters. The van der Waals surface area contributed by atoms with Crippen LogP contribution in [0.1, 0.15) is 50.5 Å². The number of hydrogen-bond acceptors (Lipinski definition) is 3. The molecule has 29 heavy (non-hydrogen) atoms. The van der Waals surface area contributed by atoms with Crippen LogP contribution in [0.3, 0.4) is 0 Å². The Morgan fingerprint density at radius 2 is 1.83 bits per heavy atom. The number of para-hydroxylation sites is 1. The van der Waals surface area contributed by atoms with Crippen molar-refractivity contribution in [1.82, 2.24) is 0 Å². The molecule has 156 valence electrons. The maximum absolute atomic E-state index is 12.9. The van der Waals surface area contributed by atoms with Crippen LogP contribution in [-0.4, -0.2) is 14.3 Å². The largest absolute Gasteiger partial charge is 0.326 e. The first-order chi connectivity index (χ1) is 13.8. The third-order valence-electron chi connectivity index (χ3n) is 5.38. The minimum Gasteiger partial charge on any atom is -0.326 e. The monoisotopic (exact) mass is 434 g/mol. The van der Waals surface area contributed by atoms with Gasteiger partial charge >= 0.3 is 0 Å². The zero-order chi connectivity index (χ0) is 20.9. The summed E-state index contributed by atoms with van der Waals surface area (Å²) in [5, 5.41) is 3.16. The first-order valence-electron chi connectivity index (χ1n) is 10.0. The average molecular weight is 435 g/mol. The number of sulfonamides is 1. The second kappa shape index (κ2) is 9.63. The lowest BCUT2D eigenvalue weighted by molar-refractivity contribution is -0.116. The standard InChI is InChI=1S/C22H27ClN2O3S/c1-16-11-13-18(24-22(26)14-12-17-7-3-2-4-8-17)15-21(16)29(27,28)25-20-10-6-5-9-19(20)23/h5-6,9-11,13,15,17,25H,2-4,7-8,12,14H2,1H3,(H,24,26). The molecule has 1 saturated carbocycles. The number of rotatable bonds is 7. The van der Waals surface area contributed by atoms with Crippen molar-refractivity contribution in [3.05, 3.63) is 53.1 Å². The summed E-state index contributed by atoms with van der Waals surface area (Å²) in [7, 11) is -3.84. The molecule has 3 rings (SSSR count). The number of aryl methyl sites for hydroxylation is 1. The Morgan fingerprint density at radius 3 is 2.55 bits per heavy atom. The van der Waals surface area contributed by atoms with Gasteiger partial charge in [-0.05, 0) is 49.1 Å². The molecular formula is C22H27ClN2O3S. The predicted molar refractivity (Wildman–Crippen MR) is 118 cm³/mol. The number of carbonyl (C=O) groups is 1. The lowest BCUT2D eigenvalue weighted by Crippen LogP contribution is -2.17. The molecule has 1 aliphatic rings. The smallest absolute Gasteiger partial charge is 0.262 e. The van der Waals surface area contributed by atoms with Crippen LogP contribution < -0.4 is 10.0 Å². The highest BCUT2D eigenvalue weighted by Crippen LogP contribution is 2.28. The highest BCUT2D eigenvalue weighted by Gasteiger charge is 2.20. The number of carbonyl (C=O) groups excluding carboxylic acids is 1. The van der Waals surface area contributed by atoms with Crippen molar-refractivity contribution in [2.45, 2.75) is 56.8 Å². The Labute approximate surface area is 177 Å². The number of halogens is 1. The fourth-order valence-corrected chi connectivity index (χ4v) is 5.34. The number of benzene rings is 2. The van der Waals surface area contributed by atoms with Gasteiger partial charge in [-0.25, -0.2) is 8.42 Å². The van der Waals surface area contributed by atoms with Crippen LogP contribution in [0.4, 0.5) is 11.4 Å². The van der Waals surface area contributed by atoms with E-state index in [1.165, 1.54) is 38.2 Å². The Kier molecular flexibility index (Phi) is 7.19. The molecule has 0 radical (unpaired) electrons. The second-order valence-electron chi connectivity index (χ2n) is 7.66. The Hall–Kier alpha value is -2.05. The maximum Gasteiger partial charge on any atom is 0.262 e. The Balaban J connectivity index is 1.68. The van der Waals surface area contributed by atoms with Gasteiger partial charge < -0.3 is 5.32 Å². The van der Waals surface area contributed by atoms with Crippen LogP contribution in [0, 0.1) is 12.8 Å². The normalized spacial score (nSPS) is 15.1. The summed E-state index contributed by atoms with van der Waals surface area (Å²) < 4.78 is 28.2. The predicted octanol–water partition coefficient (Wildman–Crippen LogP) is 5.75. The van der Waals surface area contributed by atoms with Crippen LogP contribution in [-0.2, 0) is 14.8 Å². The number of hydrogen-bond donors (Lipinski definition) is 2. The van der Waals surface area contributed by atoms with E-state index in [9.17, 15) is 13.2 Å². The quantitative estimate of drug-likeness (QED) is 0.582. The van der Waals surface area contributed by atoms with E-state index in [0.29, 0.717) is 34.3 Å². The summed E-state index contributed by atoms with van der Waals surface area (Å²) in [6, 6.07) is 11.6. The lowest BCUT2D eigenvalue weighted by Gasteiger charge is -2.21. The van der Waals surface area contributed by atoms with Crippen molar-refractivity contribution in [2.24, 2.45) is 5.92 Å². The zero-order valence-electron chi connectivity index (χ0n) is 16.6. The first-order valence-corrected chi connectivity index (χ1v) is 11.9. The van der Waals surface area contributed by atoms with Crippen molar-refractivity contribution in [2.75, 3.05) is 10.0 Å². The number of anilines is 2. The molecule has 7 heteroatoms. The van der Waals surface area contributed by atoms with Gasteiger partial charge in [-0.3, -0.25) is 9.52 Å². The van der Waals surface area contributed by atoms with E-state index in [2.05, 4.69) is 10.0 Å². The molecule has 0 saturated heterocycles. The molecular weight excluding hydrogens is 408 g/mol. The van der Waals surface area contributed by atoms with Crippen LogP contribution >= 0.6 is 11.6 Å². The fraction of sp³-hybridized carbons (Fsp3) is 0.409. The van der Waals surface area contributed by atoms with Gasteiger partial charge in [-0.2, -0.15) is 0 Å². The molecule has 0 heterocycles. The van der Waals surface area contributed by atoms with E-state index in [0.717, 1.165) is 6.42 Å². The van der Waals surface area contributed by atoms with Crippen molar-refractivity contribution in [3.8, 4) is 0 Å². The third kappa shape index (κ3) is 5.97. The van der Waals surface area contributed by atoms with Gasteiger partial charge in [0.15, 0.2) is 0 Å². The molecule has 1 fully saturated rings. The Morgan fingerprint density at radius 1 is 1.10 bits per heavy atom. The van der Waals surface area contributed by atoms with Gasteiger partial charge in [0, 0.05) is 12.1 Å². The van der Waals surface area contributed by atoms with Gasteiger partial charge in [0.25, 0.3) is 10.0 Å². The molecule has 2 aromatic rings. The van der Waals surface area contributed by atoms with E-state index in [1.54, 1.807) is 43.3 Å². The van der Waals surface area contributed by atoms with Crippen LogP contribution in [0.15, 0.2) is 47.4 Å². The number of amides is 1. The molecule has 0 bridgehead atoms. The first kappa shape index (κ1) is 21.7. The highest BCUT2D eigenvalue weighted by atomic mass is 35.5. The van der Waals surface area contributed by atoms with Gasteiger partial charge in [-0.1, -0.05) is 61.9 Å². The number of nitrogens with one attached hydrogen (secondary N) is 2. The summed E-state index contributed by atoms with van der Waals surface area (Å²) in [6.07, 6.45) is 7.55. The molecule has 0 unspecified atom stereocenters. The molecule has 0 spiro atoms. The average Bonchev–Trinajstić information content (AvgIpc) is 2.70. The minimum absolute atomic E-state index is 0.0816. The third-order valence-corrected chi connectivity index (χ3v) is 7.22. The molecule has 0 aromatic heterocycles. The lowest BCUT2D eigenvalue weighted by atomic mass is 9.86. The molecule has 2 aromatic carbocycles. The zero-order valence-corrected chi connectivity index (χ0v) is 18.2. The van der Waals surface area contributed by atoms with Gasteiger partial charge in [0.05, 0.1) is 15.6 Å². The van der Waals surface area contributed by atoms with Gasteiger partial charge in [0.2, 0.25) is 5.91 Å². The van der Waals surface area contributed by atoms with E-state index < -0.39 is 10.0 Å². The van der Waals surface area contributed by atoms with Crippen molar-refractivity contribution < 1.29 is 13.2 Å². The van der Waals surface area contributed by atoms with Gasteiger partial charge in [-0.15, -0.1) is 0 Å². The topological polar surface area (TPSA) is 75.3 Å². The molecule has 2 N–H and O–H groups in total. The van der Waals surface area contributed by atoms with E-state index in [1.807, 2.05) is 0 Å². The summed E-state index contributed by atoms with van der Waals surface area (Å²) in [6.45, 7) is 1.72. The molecule has 5 nitrogen and oxygen atoms in total. The maximum atomic E-state index is 12.9. The van der Waals surface area contributed by atoms with Crippen LogP contribution in [0.2, 0.25) is 5.02 Å². The minimum atomic E-state index is -3.84. The molecule has 1 amide bonds. The Bertz CT molecular complexity index is 970. The summed E-state index contributed by atoms with van der Waals surface area (Å²) in [4.78, 5) is 12.5. The fourth-order valence-electron chi connectivity index (χ4n) is 3.75. The summed E-state index contributed by atoms with van der Waals surface area (Å²) in [5.74, 6) is 0.546. The highest BCUT2D eigenvalue weighted by molar-refractivity contribution is 7.92. The van der Waals surface area contributed by atoms with Crippen LogP contribution in [0.25, 0.3) is 0 Å². The summed E-state index contributed by atoms with van der Waals surface area (Å²) in [5.41, 5.74) is 1.38. The van der Waals surface area contributed by atoms with E-state index in [-0.39, 0.29) is 10.8 Å². The SMILES string of the molecule is Cc1ccc(NC(=O)CCC2CCCCC2)cc1S(=O)(=O)Nc1ccccc1Cl. The van der Waals surface area contributed by atoms with Gasteiger partial charge in [0.1, 0.15) is 0 Å². The second-order valence-corrected chi connectivity index (χ2v) is 9.71. The summed E-state index contributed by atoms with van der Waals surface area (Å²) >= 11 is 6.07. The van der Waals surface area contributed by atoms with Crippen molar-refractivity contribution >= 4 is 38.9 Å². The van der Waals surface area contributed by atoms with Crippen LogP contribution in [0.5, 0.6) is 0 Å². The molecule has 0 aliphatic heterocycles. The van der Waals surface area contributed by atoms with Crippen molar-refractivity contribution in [3.63, 3.8) is 0 Å².